The van der Waals surface area contributed by atoms with Crippen LogP contribution in [0.5, 0.6) is 0 Å². The molecule has 2 amide bonds. The first kappa shape index (κ1) is 15.1. The summed E-state index contributed by atoms with van der Waals surface area (Å²) in [4.78, 5) is 26.7. The molecule has 2 saturated heterocycles. The number of aliphatic carboxylic acids is 1. The third-order valence-electron chi connectivity index (χ3n) is 4.35. The Bertz CT molecular complexity index is 383. The fourth-order valence-electron chi connectivity index (χ4n) is 3.07. The molecule has 6 nitrogen and oxygen atoms in total. The molecule has 0 aromatic carbocycles. The summed E-state index contributed by atoms with van der Waals surface area (Å²) in [5.74, 6) is -0.721. The van der Waals surface area contributed by atoms with Gasteiger partial charge in [-0.3, -0.25) is 4.79 Å². The van der Waals surface area contributed by atoms with E-state index >= 15 is 0 Å². The van der Waals surface area contributed by atoms with E-state index in [9.17, 15) is 14.7 Å². The molecule has 0 saturated carbocycles. The maximum Gasteiger partial charge on any atom is 0.320 e. The van der Waals surface area contributed by atoms with Crippen LogP contribution in [0.2, 0.25) is 0 Å². The monoisotopic (exact) mass is 284 g/mol. The average molecular weight is 284 g/mol. The SMILES string of the molecule is CC1(O)CCCN(C(=O)N2CCC(CC(=O)O)C2)CC1. The van der Waals surface area contributed by atoms with Gasteiger partial charge in [-0.25, -0.2) is 4.79 Å². The van der Waals surface area contributed by atoms with Gasteiger partial charge in [-0.15, -0.1) is 0 Å². The molecule has 2 unspecified atom stereocenters. The van der Waals surface area contributed by atoms with E-state index in [1.165, 1.54) is 0 Å². The van der Waals surface area contributed by atoms with Gasteiger partial charge >= 0.3 is 12.0 Å². The van der Waals surface area contributed by atoms with Gasteiger partial charge in [0.15, 0.2) is 0 Å². The van der Waals surface area contributed by atoms with Gasteiger partial charge in [0.2, 0.25) is 0 Å². The molecular weight excluding hydrogens is 260 g/mol. The molecule has 6 heteroatoms. The highest BCUT2D eigenvalue weighted by Crippen LogP contribution is 2.24. The zero-order chi connectivity index (χ0) is 14.8. The number of carbonyl (C=O) groups is 2. The van der Waals surface area contributed by atoms with Crippen LogP contribution in [0.3, 0.4) is 0 Å². The van der Waals surface area contributed by atoms with E-state index in [1.54, 1.807) is 9.80 Å². The summed E-state index contributed by atoms with van der Waals surface area (Å²) in [6.45, 7) is 4.25. The fraction of sp³-hybridized carbons (Fsp3) is 0.857. The van der Waals surface area contributed by atoms with Crippen molar-refractivity contribution in [3.8, 4) is 0 Å². The van der Waals surface area contributed by atoms with Gasteiger partial charge in [-0.05, 0) is 38.5 Å². The average Bonchev–Trinajstić information content (AvgIpc) is 2.72. The van der Waals surface area contributed by atoms with Crippen LogP contribution in [0.25, 0.3) is 0 Å². The molecule has 2 rings (SSSR count). The Kier molecular flexibility index (Phi) is 4.52. The Hall–Kier alpha value is -1.30. The van der Waals surface area contributed by atoms with Crippen LogP contribution in [0.15, 0.2) is 0 Å². The summed E-state index contributed by atoms with van der Waals surface area (Å²) in [6, 6.07) is -0.00408. The van der Waals surface area contributed by atoms with Crippen LogP contribution in [-0.2, 0) is 4.79 Å². The smallest absolute Gasteiger partial charge is 0.320 e. The Morgan fingerprint density at radius 2 is 1.95 bits per heavy atom. The number of carbonyl (C=O) groups excluding carboxylic acids is 1. The van der Waals surface area contributed by atoms with Crippen molar-refractivity contribution in [3.05, 3.63) is 0 Å². The third kappa shape index (κ3) is 3.85. The van der Waals surface area contributed by atoms with Crippen LogP contribution in [0, 0.1) is 5.92 Å². The lowest BCUT2D eigenvalue weighted by molar-refractivity contribution is -0.138. The highest BCUT2D eigenvalue weighted by atomic mass is 16.4. The topological polar surface area (TPSA) is 81.1 Å². The number of hydrogen-bond donors (Lipinski definition) is 2. The molecule has 20 heavy (non-hydrogen) atoms. The molecule has 0 spiro atoms. The number of urea groups is 1. The summed E-state index contributed by atoms with van der Waals surface area (Å²) in [6.07, 6.45) is 3.04. The molecule has 2 N–H and O–H groups in total. The highest BCUT2D eigenvalue weighted by molar-refractivity contribution is 5.75. The molecule has 2 atom stereocenters. The lowest BCUT2D eigenvalue weighted by Gasteiger charge is -2.27. The van der Waals surface area contributed by atoms with Gasteiger partial charge in [0.05, 0.1) is 5.60 Å². The normalized spacial score (nSPS) is 31.2. The number of amides is 2. The second-order valence-corrected chi connectivity index (χ2v) is 6.32. The van der Waals surface area contributed by atoms with Crippen molar-refractivity contribution in [1.29, 1.82) is 0 Å². The minimum atomic E-state index is -0.796. The van der Waals surface area contributed by atoms with E-state index in [1.807, 2.05) is 6.92 Å². The van der Waals surface area contributed by atoms with Crippen molar-refractivity contribution in [1.82, 2.24) is 9.80 Å². The Balaban J connectivity index is 1.87. The van der Waals surface area contributed by atoms with Crippen molar-refractivity contribution >= 4 is 12.0 Å². The lowest BCUT2D eigenvalue weighted by atomic mass is 9.98. The number of carboxylic acids is 1. The number of likely N-dealkylation sites (tertiary alicyclic amines) is 2. The number of carboxylic acid groups (broad SMARTS) is 1. The van der Waals surface area contributed by atoms with Crippen LogP contribution < -0.4 is 0 Å². The van der Waals surface area contributed by atoms with Crippen LogP contribution in [-0.4, -0.2) is 63.8 Å². The molecule has 0 radical (unpaired) electrons. The second kappa shape index (κ2) is 5.99. The van der Waals surface area contributed by atoms with Gasteiger partial charge in [-0.1, -0.05) is 0 Å². The molecule has 0 aliphatic carbocycles. The Morgan fingerprint density at radius 3 is 2.65 bits per heavy atom. The number of rotatable bonds is 2. The quantitative estimate of drug-likeness (QED) is 0.797. The Labute approximate surface area is 119 Å². The molecule has 2 heterocycles. The van der Waals surface area contributed by atoms with E-state index in [4.69, 9.17) is 5.11 Å². The standard InChI is InChI=1S/C14H24N2O4/c1-14(20)4-2-6-15(8-5-14)13(19)16-7-3-11(10-16)9-12(17)18/h11,20H,2-10H2,1H3,(H,17,18). The first-order chi connectivity index (χ1) is 9.37. The molecule has 114 valence electrons. The maximum atomic E-state index is 12.4. The lowest BCUT2D eigenvalue weighted by Crippen LogP contribution is -2.43. The first-order valence-electron chi connectivity index (χ1n) is 7.35. The zero-order valence-corrected chi connectivity index (χ0v) is 12.0. The number of aliphatic hydroxyl groups is 1. The van der Waals surface area contributed by atoms with Crippen LogP contribution in [0.4, 0.5) is 4.79 Å². The Morgan fingerprint density at radius 1 is 1.20 bits per heavy atom. The largest absolute Gasteiger partial charge is 0.481 e. The van der Waals surface area contributed by atoms with E-state index in [-0.39, 0.29) is 18.4 Å². The van der Waals surface area contributed by atoms with Crippen molar-refractivity contribution in [2.75, 3.05) is 26.2 Å². The molecule has 2 aliphatic heterocycles. The summed E-state index contributed by atoms with van der Waals surface area (Å²) in [5.41, 5.74) is -0.675. The minimum Gasteiger partial charge on any atom is -0.481 e. The van der Waals surface area contributed by atoms with E-state index < -0.39 is 11.6 Å². The number of hydrogen-bond acceptors (Lipinski definition) is 3. The van der Waals surface area contributed by atoms with E-state index in [0.29, 0.717) is 32.6 Å². The minimum absolute atomic E-state index is 0.00408. The summed E-state index contributed by atoms with van der Waals surface area (Å²) in [5, 5.41) is 18.8. The third-order valence-corrected chi connectivity index (χ3v) is 4.35. The molecule has 0 aromatic heterocycles. The first-order valence-corrected chi connectivity index (χ1v) is 7.35. The van der Waals surface area contributed by atoms with Crippen molar-refractivity contribution in [3.63, 3.8) is 0 Å². The molecule has 2 fully saturated rings. The van der Waals surface area contributed by atoms with Gasteiger partial charge in [0.1, 0.15) is 0 Å². The zero-order valence-electron chi connectivity index (χ0n) is 12.0. The van der Waals surface area contributed by atoms with E-state index in [2.05, 4.69) is 0 Å². The van der Waals surface area contributed by atoms with Crippen molar-refractivity contribution < 1.29 is 19.8 Å². The van der Waals surface area contributed by atoms with Crippen molar-refractivity contribution in [2.45, 2.75) is 44.6 Å². The number of nitrogens with zero attached hydrogens (tertiary/aromatic N) is 2. The predicted octanol–water partition coefficient (Wildman–Crippen LogP) is 1.14. The summed E-state index contributed by atoms with van der Waals surface area (Å²) in [7, 11) is 0. The summed E-state index contributed by atoms with van der Waals surface area (Å²) < 4.78 is 0. The van der Waals surface area contributed by atoms with Gasteiger partial charge in [0.25, 0.3) is 0 Å². The molecule has 0 bridgehead atoms. The second-order valence-electron chi connectivity index (χ2n) is 6.32. The maximum absolute atomic E-state index is 12.4. The van der Waals surface area contributed by atoms with Crippen LogP contribution in [0.1, 0.15) is 39.0 Å². The van der Waals surface area contributed by atoms with Crippen molar-refractivity contribution in [2.24, 2.45) is 5.92 Å². The van der Waals surface area contributed by atoms with E-state index in [0.717, 1.165) is 19.3 Å². The predicted molar refractivity (Wildman–Crippen MR) is 73.4 cm³/mol. The van der Waals surface area contributed by atoms with Gasteiger partial charge < -0.3 is 20.0 Å². The molecule has 0 aromatic rings. The molecule has 2 aliphatic rings. The molecular formula is C14H24N2O4. The van der Waals surface area contributed by atoms with Gasteiger partial charge in [0, 0.05) is 32.6 Å². The fourth-order valence-corrected chi connectivity index (χ4v) is 3.07. The van der Waals surface area contributed by atoms with Gasteiger partial charge in [-0.2, -0.15) is 0 Å². The highest BCUT2D eigenvalue weighted by Gasteiger charge is 2.33. The summed E-state index contributed by atoms with van der Waals surface area (Å²) >= 11 is 0. The van der Waals surface area contributed by atoms with Crippen LogP contribution >= 0.6 is 0 Å².